The van der Waals surface area contributed by atoms with Gasteiger partial charge in [-0.15, -0.1) is 0 Å². The number of aliphatic hydroxyl groups excluding tert-OH is 1. The average Bonchev–Trinajstić information content (AvgIpc) is 2.40. The largest absolute Gasteiger partial charge is 0.446 e. The zero-order chi connectivity index (χ0) is 15.6. The van der Waals surface area contributed by atoms with E-state index in [-0.39, 0.29) is 16.7 Å². The van der Waals surface area contributed by atoms with Gasteiger partial charge in [-0.25, -0.2) is 0 Å². The number of aryl methyl sites for hydroxylation is 2. The van der Waals surface area contributed by atoms with Gasteiger partial charge in [0.05, 0.1) is 0 Å². The molecule has 0 fully saturated rings. The number of alkyl halides is 3. The topological polar surface area (TPSA) is 20.2 Å². The average molecular weight is 312 g/mol. The van der Waals surface area contributed by atoms with Crippen LogP contribution in [0.15, 0.2) is 47.4 Å². The summed E-state index contributed by atoms with van der Waals surface area (Å²) in [4.78, 5) is 0.110. The van der Waals surface area contributed by atoms with Crippen molar-refractivity contribution in [3.05, 3.63) is 64.7 Å². The molecule has 2 aromatic rings. The summed E-state index contributed by atoms with van der Waals surface area (Å²) in [7, 11) is 0. The number of hydrogen-bond acceptors (Lipinski definition) is 2. The summed E-state index contributed by atoms with van der Waals surface area (Å²) in [5, 5.41) is 10.3. The number of benzene rings is 2. The molecular formula is C16H15F3OS. The quantitative estimate of drug-likeness (QED) is 0.805. The SMILES string of the molecule is Cc1ccc(C(O)c2ccc(SC(F)(F)F)cc2)cc1C. The minimum Gasteiger partial charge on any atom is -0.384 e. The van der Waals surface area contributed by atoms with Gasteiger partial charge in [-0.3, -0.25) is 0 Å². The molecule has 0 amide bonds. The van der Waals surface area contributed by atoms with E-state index in [0.717, 1.165) is 16.7 Å². The molecule has 1 N–H and O–H groups in total. The van der Waals surface area contributed by atoms with Gasteiger partial charge in [0, 0.05) is 4.90 Å². The van der Waals surface area contributed by atoms with Gasteiger partial charge in [0.1, 0.15) is 6.10 Å². The van der Waals surface area contributed by atoms with Gasteiger partial charge in [0.2, 0.25) is 0 Å². The van der Waals surface area contributed by atoms with Crippen molar-refractivity contribution in [2.24, 2.45) is 0 Å². The molecule has 1 unspecified atom stereocenters. The smallest absolute Gasteiger partial charge is 0.384 e. The number of halogens is 3. The van der Waals surface area contributed by atoms with E-state index in [0.29, 0.717) is 5.56 Å². The van der Waals surface area contributed by atoms with Crippen LogP contribution in [0.2, 0.25) is 0 Å². The standard InChI is InChI=1S/C16H15F3OS/c1-10-3-4-13(9-11(10)2)15(20)12-5-7-14(8-6-12)21-16(17,18)19/h3-9,15,20H,1-2H3. The molecule has 0 radical (unpaired) electrons. The lowest BCUT2D eigenvalue weighted by Crippen LogP contribution is -2.01. The predicted octanol–water partition coefficient (Wildman–Crippen LogP) is 5.00. The normalized spacial score (nSPS) is 13.2. The van der Waals surface area contributed by atoms with Gasteiger partial charge < -0.3 is 5.11 Å². The van der Waals surface area contributed by atoms with Crippen LogP contribution < -0.4 is 0 Å². The Kier molecular flexibility index (Phi) is 4.64. The minimum absolute atomic E-state index is 0.110. The maximum absolute atomic E-state index is 12.3. The third kappa shape index (κ3) is 4.25. The first kappa shape index (κ1) is 15.9. The van der Waals surface area contributed by atoms with Gasteiger partial charge in [-0.1, -0.05) is 30.3 Å². The molecule has 0 saturated heterocycles. The van der Waals surface area contributed by atoms with Crippen LogP contribution in [0.3, 0.4) is 0 Å². The zero-order valence-corrected chi connectivity index (χ0v) is 12.4. The molecule has 21 heavy (non-hydrogen) atoms. The first-order valence-corrected chi connectivity index (χ1v) is 7.19. The summed E-state index contributed by atoms with van der Waals surface area (Å²) in [6.45, 7) is 3.93. The van der Waals surface area contributed by atoms with E-state index in [9.17, 15) is 18.3 Å². The van der Waals surface area contributed by atoms with Crippen molar-refractivity contribution < 1.29 is 18.3 Å². The molecule has 2 aromatic carbocycles. The second kappa shape index (κ2) is 6.12. The molecule has 0 aromatic heterocycles. The summed E-state index contributed by atoms with van der Waals surface area (Å²) in [6, 6.07) is 11.4. The van der Waals surface area contributed by atoms with Gasteiger partial charge in [-0.2, -0.15) is 13.2 Å². The number of rotatable bonds is 3. The van der Waals surface area contributed by atoms with E-state index in [1.54, 1.807) is 0 Å². The molecule has 112 valence electrons. The highest BCUT2D eigenvalue weighted by Crippen LogP contribution is 2.37. The molecular weight excluding hydrogens is 297 g/mol. The van der Waals surface area contributed by atoms with Crippen molar-refractivity contribution >= 4 is 11.8 Å². The van der Waals surface area contributed by atoms with Crippen molar-refractivity contribution in [1.82, 2.24) is 0 Å². The number of aliphatic hydroxyl groups is 1. The second-order valence-electron chi connectivity index (χ2n) is 4.86. The molecule has 0 heterocycles. The van der Waals surface area contributed by atoms with Crippen LogP contribution in [-0.2, 0) is 0 Å². The fourth-order valence-electron chi connectivity index (χ4n) is 1.98. The van der Waals surface area contributed by atoms with E-state index in [2.05, 4.69) is 0 Å². The lowest BCUT2D eigenvalue weighted by atomic mass is 9.98. The maximum Gasteiger partial charge on any atom is 0.446 e. The molecule has 0 aliphatic heterocycles. The van der Waals surface area contributed by atoms with Crippen molar-refractivity contribution in [3.8, 4) is 0 Å². The van der Waals surface area contributed by atoms with Crippen LogP contribution in [0.1, 0.15) is 28.4 Å². The Morgan fingerprint density at radius 3 is 2.00 bits per heavy atom. The Morgan fingerprint density at radius 1 is 0.905 bits per heavy atom. The monoisotopic (exact) mass is 312 g/mol. The van der Waals surface area contributed by atoms with Crippen molar-refractivity contribution in [3.63, 3.8) is 0 Å². The summed E-state index contributed by atoms with van der Waals surface area (Å²) in [5.74, 6) is 0. The van der Waals surface area contributed by atoms with E-state index in [4.69, 9.17) is 0 Å². The van der Waals surface area contributed by atoms with Crippen LogP contribution in [0.25, 0.3) is 0 Å². The van der Waals surface area contributed by atoms with Gasteiger partial charge in [0.15, 0.2) is 0 Å². The highest BCUT2D eigenvalue weighted by molar-refractivity contribution is 8.00. The lowest BCUT2D eigenvalue weighted by molar-refractivity contribution is -0.0328. The Balaban J connectivity index is 2.19. The van der Waals surface area contributed by atoms with Crippen LogP contribution in [0.5, 0.6) is 0 Å². The molecule has 0 aliphatic carbocycles. The van der Waals surface area contributed by atoms with Crippen molar-refractivity contribution in [2.45, 2.75) is 30.4 Å². The van der Waals surface area contributed by atoms with Gasteiger partial charge in [0.25, 0.3) is 0 Å². The zero-order valence-electron chi connectivity index (χ0n) is 11.6. The fraction of sp³-hybridized carbons (Fsp3) is 0.250. The Bertz CT molecular complexity index is 620. The van der Waals surface area contributed by atoms with Gasteiger partial charge >= 0.3 is 5.51 Å². The Hall–Kier alpha value is -1.46. The van der Waals surface area contributed by atoms with Crippen molar-refractivity contribution in [1.29, 1.82) is 0 Å². The van der Waals surface area contributed by atoms with E-state index in [1.807, 2.05) is 32.0 Å². The lowest BCUT2D eigenvalue weighted by Gasteiger charge is -2.14. The van der Waals surface area contributed by atoms with Gasteiger partial charge in [-0.05, 0) is 60.0 Å². The molecule has 2 rings (SSSR count). The van der Waals surface area contributed by atoms with Crippen LogP contribution >= 0.6 is 11.8 Å². The van der Waals surface area contributed by atoms with Crippen LogP contribution in [0, 0.1) is 13.8 Å². The molecule has 5 heteroatoms. The maximum atomic E-state index is 12.3. The van der Waals surface area contributed by atoms with Crippen LogP contribution in [0.4, 0.5) is 13.2 Å². The third-order valence-corrected chi connectivity index (χ3v) is 4.02. The highest BCUT2D eigenvalue weighted by Gasteiger charge is 2.29. The highest BCUT2D eigenvalue weighted by atomic mass is 32.2. The number of thioether (sulfide) groups is 1. The minimum atomic E-state index is -4.30. The summed E-state index contributed by atoms with van der Waals surface area (Å²) >= 11 is -0.160. The Labute approximate surface area is 125 Å². The van der Waals surface area contributed by atoms with Crippen LogP contribution in [-0.4, -0.2) is 10.6 Å². The Morgan fingerprint density at radius 2 is 1.48 bits per heavy atom. The first-order chi connectivity index (χ1) is 9.76. The predicted molar refractivity (Wildman–Crippen MR) is 78.3 cm³/mol. The molecule has 0 aliphatic rings. The summed E-state index contributed by atoms with van der Waals surface area (Å²) in [5.41, 5.74) is -0.799. The van der Waals surface area contributed by atoms with E-state index < -0.39 is 11.6 Å². The molecule has 0 spiro atoms. The third-order valence-electron chi connectivity index (χ3n) is 3.28. The first-order valence-electron chi connectivity index (χ1n) is 6.37. The second-order valence-corrected chi connectivity index (χ2v) is 6.00. The molecule has 0 bridgehead atoms. The van der Waals surface area contributed by atoms with E-state index >= 15 is 0 Å². The van der Waals surface area contributed by atoms with E-state index in [1.165, 1.54) is 24.3 Å². The van der Waals surface area contributed by atoms with Crippen molar-refractivity contribution in [2.75, 3.05) is 0 Å². The number of hydrogen-bond donors (Lipinski definition) is 1. The summed E-state index contributed by atoms with van der Waals surface area (Å²) < 4.78 is 36.8. The molecule has 1 nitrogen and oxygen atoms in total. The fourth-order valence-corrected chi connectivity index (χ4v) is 2.52. The molecule has 0 saturated carbocycles. The summed E-state index contributed by atoms with van der Waals surface area (Å²) in [6.07, 6.45) is -0.839. The molecule has 1 atom stereocenters.